The second-order valence-corrected chi connectivity index (χ2v) is 5.85. The van der Waals surface area contributed by atoms with Gasteiger partial charge in [0.2, 0.25) is 0 Å². The first-order valence-corrected chi connectivity index (χ1v) is 8.77. The summed E-state index contributed by atoms with van der Waals surface area (Å²) in [5, 5.41) is 14.6. The molecule has 29 heavy (non-hydrogen) atoms. The Morgan fingerprint density at radius 1 is 1.03 bits per heavy atom. The number of hydrogen-bond donors (Lipinski definition) is 2. The van der Waals surface area contributed by atoms with Gasteiger partial charge in [-0.2, -0.15) is 5.26 Å². The van der Waals surface area contributed by atoms with Gasteiger partial charge >= 0.3 is 5.97 Å². The minimum atomic E-state index is -0.405. The normalized spacial score (nSPS) is 9.93. The molecule has 0 atom stereocenters. The van der Waals surface area contributed by atoms with E-state index in [0.29, 0.717) is 34.9 Å². The van der Waals surface area contributed by atoms with Gasteiger partial charge in [0.1, 0.15) is 17.8 Å². The molecule has 0 spiro atoms. The molecule has 0 radical (unpaired) electrons. The van der Waals surface area contributed by atoms with Crippen molar-refractivity contribution in [3.05, 3.63) is 77.7 Å². The first kappa shape index (κ1) is 19.5. The highest BCUT2D eigenvalue weighted by atomic mass is 16.5. The molecule has 0 saturated carbocycles. The number of esters is 1. The van der Waals surface area contributed by atoms with Gasteiger partial charge in [-0.05, 0) is 55.5 Å². The molecule has 1 amide bonds. The lowest BCUT2D eigenvalue weighted by molar-refractivity contribution is 0.0526. The molecular weight excluding hydrogens is 370 g/mol. The zero-order chi connectivity index (χ0) is 20.6. The molecule has 1 heterocycles. The standard InChI is InChI=1S/C21H17N5O3/c1-2-29-21(28)15-5-9-16(10-6-15)25-19-11-18(23-13-24-19)20(27)26-17-7-3-14(12-22)4-8-17/h3-11,13H,2H2,1H3,(H,26,27)(H,23,24,25). The Balaban J connectivity index is 1.68. The summed E-state index contributed by atoms with van der Waals surface area (Å²) in [6, 6.07) is 16.7. The molecule has 144 valence electrons. The van der Waals surface area contributed by atoms with Gasteiger partial charge in [-0.25, -0.2) is 14.8 Å². The number of hydrogen-bond acceptors (Lipinski definition) is 7. The number of nitrogens with one attached hydrogen (secondary N) is 2. The Morgan fingerprint density at radius 3 is 2.38 bits per heavy atom. The first-order chi connectivity index (χ1) is 14.1. The number of carbonyl (C=O) groups excluding carboxylic acids is 2. The second-order valence-electron chi connectivity index (χ2n) is 5.85. The largest absolute Gasteiger partial charge is 0.462 e. The topological polar surface area (TPSA) is 117 Å². The number of amides is 1. The SMILES string of the molecule is CCOC(=O)c1ccc(Nc2cc(C(=O)Nc3ccc(C#N)cc3)ncn2)cc1. The molecule has 0 aliphatic rings. The lowest BCUT2D eigenvalue weighted by Crippen LogP contribution is -2.14. The summed E-state index contributed by atoms with van der Waals surface area (Å²) in [4.78, 5) is 32.2. The van der Waals surface area contributed by atoms with E-state index >= 15 is 0 Å². The summed E-state index contributed by atoms with van der Waals surface area (Å²) in [6.07, 6.45) is 1.28. The Bertz CT molecular complexity index is 1060. The minimum Gasteiger partial charge on any atom is -0.462 e. The van der Waals surface area contributed by atoms with Gasteiger partial charge in [0.05, 0.1) is 23.8 Å². The molecule has 0 fully saturated rings. The molecule has 0 saturated heterocycles. The van der Waals surface area contributed by atoms with E-state index in [-0.39, 0.29) is 11.7 Å². The molecular formula is C21H17N5O3. The molecule has 0 aliphatic carbocycles. The number of carbonyl (C=O) groups is 2. The lowest BCUT2D eigenvalue weighted by atomic mass is 10.2. The van der Waals surface area contributed by atoms with E-state index in [0.717, 1.165) is 0 Å². The van der Waals surface area contributed by atoms with Gasteiger partial charge in [-0.1, -0.05) is 0 Å². The van der Waals surface area contributed by atoms with Gasteiger partial charge in [0, 0.05) is 17.4 Å². The quantitative estimate of drug-likeness (QED) is 0.621. The number of benzene rings is 2. The third kappa shape index (κ3) is 5.14. The van der Waals surface area contributed by atoms with Crippen molar-refractivity contribution in [2.24, 2.45) is 0 Å². The van der Waals surface area contributed by atoms with Gasteiger partial charge in [0.25, 0.3) is 5.91 Å². The fourth-order valence-corrected chi connectivity index (χ4v) is 2.43. The van der Waals surface area contributed by atoms with Gasteiger partial charge < -0.3 is 15.4 Å². The zero-order valence-corrected chi connectivity index (χ0v) is 15.5. The molecule has 2 N–H and O–H groups in total. The van der Waals surface area contributed by atoms with Crippen LogP contribution < -0.4 is 10.6 Å². The number of rotatable bonds is 6. The van der Waals surface area contributed by atoms with Crippen LogP contribution in [-0.2, 0) is 4.74 Å². The van der Waals surface area contributed by atoms with E-state index in [1.807, 2.05) is 6.07 Å². The monoisotopic (exact) mass is 387 g/mol. The summed E-state index contributed by atoms with van der Waals surface area (Å²) in [6.45, 7) is 2.06. The van der Waals surface area contributed by atoms with Crippen molar-refractivity contribution in [1.29, 1.82) is 5.26 Å². The van der Waals surface area contributed by atoms with E-state index in [1.54, 1.807) is 55.5 Å². The smallest absolute Gasteiger partial charge is 0.338 e. The van der Waals surface area contributed by atoms with Crippen LogP contribution in [-0.4, -0.2) is 28.5 Å². The highest BCUT2D eigenvalue weighted by Crippen LogP contribution is 2.17. The molecule has 0 unspecified atom stereocenters. The predicted octanol–water partition coefficient (Wildman–Crippen LogP) is 3.52. The third-order valence-corrected chi connectivity index (χ3v) is 3.84. The third-order valence-electron chi connectivity index (χ3n) is 3.84. The summed E-state index contributed by atoms with van der Waals surface area (Å²) >= 11 is 0. The van der Waals surface area contributed by atoms with Crippen LogP contribution in [0, 0.1) is 11.3 Å². The van der Waals surface area contributed by atoms with Crippen LogP contribution >= 0.6 is 0 Å². The second kappa shape index (κ2) is 9.10. The average molecular weight is 387 g/mol. The van der Waals surface area contributed by atoms with Crippen LogP contribution in [0.4, 0.5) is 17.2 Å². The number of anilines is 3. The van der Waals surface area contributed by atoms with E-state index in [1.165, 1.54) is 12.4 Å². The summed E-state index contributed by atoms with van der Waals surface area (Å²) in [7, 11) is 0. The molecule has 2 aromatic carbocycles. The van der Waals surface area contributed by atoms with Crippen molar-refractivity contribution in [2.45, 2.75) is 6.92 Å². The maximum absolute atomic E-state index is 12.4. The maximum atomic E-state index is 12.4. The fourth-order valence-electron chi connectivity index (χ4n) is 2.43. The van der Waals surface area contributed by atoms with Gasteiger partial charge in [0.15, 0.2) is 0 Å². The Morgan fingerprint density at radius 2 is 1.72 bits per heavy atom. The van der Waals surface area contributed by atoms with E-state index in [4.69, 9.17) is 10.00 Å². The van der Waals surface area contributed by atoms with Crippen molar-refractivity contribution < 1.29 is 14.3 Å². The maximum Gasteiger partial charge on any atom is 0.338 e. The van der Waals surface area contributed by atoms with Crippen molar-refractivity contribution in [1.82, 2.24) is 9.97 Å². The van der Waals surface area contributed by atoms with E-state index < -0.39 is 5.91 Å². The van der Waals surface area contributed by atoms with Crippen molar-refractivity contribution >= 4 is 29.1 Å². The predicted molar refractivity (Wildman–Crippen MR) is 107 cm³/mol. The molecule has 3 rings (SSSR count). The van der Waals surface area contributed by atoms with Crippen LogP contribution in [0.25, 0.3) is 0 Å². The van der Waals surface area contributed by atoms with E-state index in [9.17, 15) is 9.59 Å². The molecule has 0 bridgehead atoms. The number of aromatic nitrogens is 2. The molecule has 3 aromatic rings. The lowest BCUT2D eigenvalue weighted by Gasteiger charge is -2.08. The highest BCUT2D eigenvalue weighted by Gasteiger charge is 2.10. The van der Waals surface area contributed by atoms with Crippen LogP contribution in [0.1, 0.15) is 33.3 Å². The summed E-state index contributed by atoms with van der Waals surface area (Å²) in [5.74, 6) is -0.366. The zero-order valence-electron chi connectivity index (χ0n) is 15.5. The highest BCUT2D eigenvalue weighted by molar-refractivity contribution is 6.03. The Hall–Kier alpha value is -4.25. The Kier molecular flexibility index (Phi) is 6.12. The van der Waals surface area contributed by atoms with Crippen molar-refractivity contribution in [3.8, 4) is 6.07 Å². The fraction of sp³-hybridized carbons (Fsp3) is 0.0952. The molecule has 1 aromatic heterocycles. The molecule has 0 aliphatic heterocycles. The van der Waals surface area contributed by atoms with Crippen LogP contribution in [0.3, 0.4) is 0 Å². The minimum absolute atomic E-state index is 0.176. The molecule has 8 heteroatoms. The van der Waals surface area contributed by atoms with Gasteiger partial charge in [-0.15, -0.1) is 0 Å². The Labute approximate surface area is 167 Å². The van der Waals surface area contributed by atoms with Gasteiger partial charge in [-0.3, -0.25) is 4.79 Å². The number of nitriles is 1. The number of nitrogens with zero attached hydrogens (tertiary/aromatic N) is 3. The molecule has 8 nitrogen and oxygen atoms in total. The summed E-state index contributed by atoms with van der Waals surface area (Å²) < 4.78 is 4.95. The number of ether oxygens (including phenoxy) is 1. The van der Waals surface area contributed by atoms with Crippen LogP contribution in [0.5, 0.6) is 0 Å². The van der Waals surface area contributed by atoms with Crippen molar-refractivity contribution in [2.75, 3.05) is 17.2 Å². The van der Waals surface area contributed by atoms with Crippen LogP contribution in [0.15, 0.2) is 60.9 Å². The van der Waals surface area contributed by atoms with E-state index in [2.05, 4.69) is 20.6 Å². The van der Waals surface area contributed by atoms with Crippen LogP contribution in [0.2, 0.25) is 0 Å². The summed E-state index contributed by atoms with van der Waals surface area (Å²) in [5.41, 5.74) is 2.37. The average Bonchev–Trinajstić information content (AvgIpc) is 2.75. The van der Waals surface area contributed by atoms with Crippen molar-refractivity contribution in [3.63, 3.8) is 0 Å². The first-order valence-electron chi connectivity index (χ1n) is 8.77.